The van der Waals surface area contributed by atoms with Crippen LogP contribution in [-0.2, 0) is 0 Å². The summed E-state index contributed by atoms with van der Waals surface area (Å²) >= 11 is 0. The number of furan rings is 1. The second-order valence-corrected chi connectivity index (χ2v) is 11.2. The van der Waals surface area contributed by atoms with Crippen LogP contribution in [-0.4, -0.2) is 0 Å². The average molecular weight is 547 g/mol. The van der Waals surface area contributed by atoms with E-state index in [2.05, 4.69) is 158 Å². The second-order valence-electron chi connectivity index (χ2n) is 11.2. The lowest BCUT2D eigenvalue weighted by molar-refractivity contribution is 0.670. The van der Waals surface area contributed by atoms with Gasteiger partial charge in [-0.2, -0.15) is 0 Å². The van der Waals surface area contributed by atoms with Crippen molar-refractivity contribution < 1.29 is 4.42 Å². The zero-order valence-corrected chi connectivity index (χ0v) is 23.4. The third-order valence-electron chi connectivity index (χ3n) is 8.85. The Morgan fingerprint density at radius 3 is 1.63 bits per heavy atom. The molecule has 0 radical (unpaired) electrons. The Morgan fingerprint density at radius 1 is 0.349 bits per heavy atom. The highest BCUT2D eigenvalue weighted by molar-refractivity contribution is 6.25. The molecule has 0 fully saturated rings. The fraction of sp³-hybridized carbons (Fsp3) is 0. The van der Waals surface area contributed by atoms with Gasteiger partial charge in [0.05, 0.1) is 0 Å². The van der Waals surface area contributed by atoms with Gasteiger partial charge in [-0.15, -0.1) is 0 Å². The van der Waals surface area contributed by atoms with E-state index >= 15 is 0 Å². The number of rotatable bonds is 3. The van der Waals surface area contributed by atoms with Crippen molar-refractivity contribution in [3.8, 4) is 33.4 Å². The molecule has 0 amide bonds. The lowest BCUT2D eigenvalue weighted by Gasteiger charge is -2.18. The van der Waals surface area contributed by atoms with Gasteiger partial charge in [-0.1, -0.05) is 140 Å². The van der Waals surface area contributed by atoms with Gasteiger partial charge in [0, 0.05) is 21.9 Å². The summed E-state index contributed by atoms with van der Waals surface area (Å²) in [5.74, 6) is 0. The second kappa shape index (κ2) is 9.44. The van der Waals surface area contributed by atoms with Crippen LogP contribution in [0, 0.1) is 0 Å². The van der Waals surface area contributed by atoms with E-state index in [0.29, 0.717) is 0 Å². The molecule has 8 aromatic carbocycles. The Labute approximate surface area is 249 Å². The highest BCUT2D eigenvalue weighted by Crippen LogP contribution is 2.48. The van der Waals surface area contributed by atoms with Gasteiger partial charge in [-0.05, 0) is 72.8 Å². The van der Waals surface area contributed by atoms with Crippen LogP contribution in [0.25, 0.3) is 87.6 Å². The van der Waals surface area contributed by atoms with E-state index in [9.17, 15) is 0 Å². The molecule has 1 heteroatoms. The molecule has 0 saturated carbocycles. The smallest absolute Gasteiger partial charge is 0.143 e. The van der Waals surface area contributed by atoms with Gasteiger partial charge >= 0.3 is 0 Å². The third-order valence-corrected chi connectivity index (χ3v) is 8.85. The van der Waals surface area contributed by atoms with Crippen molar-refractivity contribution in [3.05, 3.63) is 158 Å². The Bertz CT molecular complexity index is 2440. The number of fused-ring (bicyclic) bond motifs is 6. The van der Waals surface area contributed by atoms with Gasteiger partial charge in [0.25, 0.3) is 0 Å². The molecule has 0 saturated heterocycles. The van der Waals surface area contributed by atoms with Gasteiger partial charge in [-0.3, -0.25) is 0 Å². The lowest BCUT2D eigenvalue weighted by atomic mass is 9.84. The first-order chi connectivity index (χ1) is 21.3. The van der Waals surface area contributed by atoms with Crippen molar-refractivity contribution in [2.75, 3.05) is 0 Å². The molecular formula is C42H26O. The molecule has 1 heterocycles. The molecule has 0 spiro atoms. The van der Waals surface area contributed by atoms with Crippen molar-refractivity contribution in [1.29, 1.82) is 0 Å². The molecule has 9 rings (SSSR count). The van der Waals surface area contributed by atoms with E-state index in [0.717, 1.165) is 27.5 Å². The van der Waals surface area contributed by atoms with Gasteiger partial charge < -0.3 is 4.42 Å². The number of hydrogen-bond acceptors (Lipinski definition) is 1. The minimum atomic E-state index is 0.906. The molecular weight excluding hydrogens is 520 g/mol. The van der Waals surface area contributed by atoms with E-state index in [-0.39, 0.29) is 0 Å². The summed E-state index contributed by atoms with van der Waals surface area (Å²) < 4.78 is 6.76. The van der Waals surface area contributed by atoms with E-state index in [4.69, 9.17) is 4.42 Å². The summed E-state index contributed by atoms with van der Waals surface area (Å²) in [6.45, 7) is 0. The molecule has 0 aliphatic carbocycles. The van der Waals surface area contributed by atoms with Crippen LogP contribution in [0.2, 0.25) is 0 Å². The SMILES string of the molecule is c1ccc(-c2ccc(-c3c4ccccc4c(-c4ccc5ccccc5c4)c4ccccc34)c3oc4ccccc4c23)cc1. The predicted molar refractivity (Wildman–Crippen MR) is 183 cm³/mol. The van der Waals surface area contributed by atoms with Crippen LogP contribution < -0.4 is 0 Å². The van der Waals surface area contributed by atoms with E-state index in [1.165, 1.54) is 60.1 Å². The van der Waals surface area contributed by atoms with Crippen LogP contribution >= 0.6 is 0 Å². The fourth-order valence-electron chi connectivity index (χ4n) is 6.96. The first-order valence-corrected chi connectivity index (χ1v) is 14.8. The average Bonchev–Trinajstić information content (AvgIpc) is 3.47. The van der Waals surface area contributed by atoms with Gasteiger partial charge in [0.2, 0.25) is 0 Å². The molecule has 0 bridgehead atoms. The topological polar surface area (TPSA) is 13.1 Å². The minimum Gasteiger partial charge on any atom is -0.455 e. The quantitative estimate of drug-likeness (QED) is 0.201. The normalized spacial score (nSPS) is 11.7. The number of hydrogen-bond donors (Lipinski definition) is 0. The van der Waals surface area contributed by atoms with Crippen LogP contribution in [0.5, 0.6) is 0 Å². The zero-order valence-electron chi connectivity index (χ0n) is 23.4. The Morgan fingerprint density at radius 2 is 0.907 bits per heavy atom. The van der Waals surface area contributed by atoms with Gasteiger partial charge in [0.15, 0.2) is 0 Å². The molecule has 0 aliphatic rings. The van der Waals surface area contributed by atoms with Gasteiger partial charge in [-0.25, -0.2) is 0 Å². The van der Waals surface area contributed by atoms with Crippen molar-refractivity contribution >= 4 is 54.3 Å². The zero-order chi connectivity index (χ0) is 28.3. The summed E-state index contributed by atoms with van der Waals surface area (Å²) in [7, 11) is 0. The summed E-state index contributed by atoms with van der Waals surface area (Å²) in [4.78, 5) is 0. The first-order valence-electron chi connectivity index (χ1n) is 14.8. The highest BCUT2D eigenvalue weighted by Gasteiger charge is 2.22. The highest BCUT2D eigenvalue weighted by atomic mass is 16.3. The molecule has 1 nitrogen and oxygen atoms in total. The van der Waals surface area contributed by atoms with Crippen LogP contribution in [0.3, 0.4) is 0 Å². The molecule has 43 heavy (non-hydrogen) atoms. The van der Waals surface area contributed by atoms with Crippen LogP contribution in [0.1, 0.15) is 0 Å². The van der Waals surface area contributed by atoms with Crippen molar-refractivity contribution in [2.45, 2.75) is 0 Å². The lowest BCUT2D eigenvalue weighted by Crippen LogP contribution is -1.92. The Hall–Kier alpha value is -5.66. The molecule has 9 aromatic rings. The summed E-state index contributed by atoms with van der Waals surface area (Å²) in [6.07, 6.45) is 0. The maximum absolute atomic E-state index is 6.76. The van der Waals surface area contributed by atoms with E-state index in [1.54, 1.807) is 0 Å². The maximum atomic E-state index is 6.76. The molecule has 200 valence electrons. The fourth-order valence-corrected chi connectivity index (χ4v) is 6.96. The number of para-hydroxylation sites is 1. The molecule has 0 unspecified atom stereocenters. The van der Waals surface area contributed by atoms with Crippen molar-refractivity contribution in [3.63, 3.8) is 0 Å². The standard InChI is InChI=1S/C42H26O/c1-2-13-28(14-3-1)31-24-25-37(42-41(31)36-20-10-11-21-38(36)43-42)40-34-18-8-6-16-32(34)39(33-17-7-9-19-35(33)40)30-23-22-27-12-4-5-15-29(27)26-30/h1-26H. The van der Waals surface area contributed by atoms with E-state index in [1.807, 2.05) is 0 Å². The number of benzene rings is 8. The minimum absolute atomic E-state index is 0.906. The summed E-state index contributed by atoms with van der Waals surface area (Å²) in [5.41, 5.74) is 9.02. The van der Waals surface area contributed by atoms with Crippen LogP contribution in [0.4, 0.5) is 0 Å². The van der Waals surface area contributed by atoms with Crippen molar-refractivity contribution in [2.24, 2.45) is 0 Å². The summed E-state index contributed by atoms with van der Waals surface area (Å²) in [6, 6.07) is 56.7. The largest absolute Gasteiger partial charge is 0.455 e. The Balaban J connectivity index is 1.42. The van der Waals surface area contributed by atoms with E-state index < -0.39 is 0 Å². The molecule has 0 atom stereocenters. The maximum Gasteiger partial charge on any atom is 0.143 e. The Kier molecular flexibility index (Phi) is 5.27. The monoisotopic (exact) mass is 546 g/mol. The van der Waals surface area contributed by atoms with Crippen molar-refractivity contribution in [1.82, 2.24) is 0 Å². The molecule has 0 aliphatic heterocycles. The molecule has 1 aromatic heterocycles. The van der Waals surface area contributed by atoms with Crippen LogP contribution in [0.15, 0.2) is 162 Å². The summed E-state index contributed by atoms with van der Waals surface area (Å²) in [5, 5.41) is 9.72. The predicted octanol–water partition coefficient (Wildman–Crippen LogP) is 12.0. The molecule has 0 N–H and O–H groups in total. The third kappa shape index (κ3) is 3.65. The van der Waals surface area contributed by atoms with Gasteiger partial charge in [0.1, 0.15) is 11.2 Å². The first kappa shape index (κ1) is 24.0.